The van der Waals surface area contributed by atoms with Gasteiger partial charge in [-0.25, -0.2) is 0 Å². The molecule has 0 aliphatic carbocycles. The Hall–Kier alpha value is -0.900. The van der Waals surface area contributed by atoms with E-state index in [4.69, 9.17) is 0 Å². The summed E-state index contributed by atoms with van der Waals surface area (Å²) in [6.07, 6.45) is 2.29. The lowest BCUT2D eigenvalue weighted by molar-refractivity contribution is 0.389. The van der Waals surface area contributed by atoms with Crippen molar-refractivity contribution >= 4 is 0 Å². The van der Waals surface area contributed by atoms with Crippen LogP contribution in [0, 0.1) is 19.0 Å². The van der Waals surface area contributed by atoms with E-state index in [1.165, 1.54) is 0 Å². The average Bonchev–Trinajstić information content (AvgIpc) is 1.61. The van der Waals surface area contributed by atoms with Crippen LogP contribution in [-0.2, 0) is 4.74 Å². The largest absolute Gasteiger partial charge is 0.413 e. The van der Waals surface area contributed by atoms with Gasteiger partial charge in [0.1, 0.15) is 11.9 Å². The number of ether oxygens (including phenoxy) is 1. The van der Waals surface area contributed by atoms with Gasteiger partial charge in [0.15, 0.2) is 0 Å². The maximum atomic E-state index is 4.57. The van der Waals surface area contributed by atoms with Gasteiger partial charge in [-0.1, -0.05) is 12.5 Å². The van der Waals surface area contributed by atoms with Crippen molar-refractivity contribution < 1.29 is 4.74 Å². The number of hydrogen-bond acceptors (Lipinski definition) is 1. The molecule has 0 fully saturated rings. The molecule has 0 aliphatic heterocycles. The lowest BCUT2D eigenvalue weighted by Crippen LogP contribution is -1.71. The minimum atomic E-state index is 0.594. The monoisotopic (exact) mass is 95.0 g/mol. The molecule has 0 atom stereocenters. The van der Waals surface area contributed by atoms with E-state index >= 15 is 0 Å². The molecule has 1 heteroatoms. The van der Waals surface area contributed by atoms with Crippen LogP contribution in [0.3, 0.4) is 0 Å². The summed E-state index contributed by atoms with van der Waals surface area (Å²) in [5.41, 5.74) is 0. The molecule has 7 heavy (non-hydrogen) atoms. The van der Waals surface area contributed by atoms with E-state index in [9.17, 15) is 0 Å². The Morgan fingerprint density at radius 2 is 2.29 bits per heavy atom. The van der Waals surface area contributed by atoms with E-state index in [2.05, 4.69) is 30.3 Å². The highest BCUT2D eigenvalue weighted by atomic mass is 16.5. The highest BCUT2D eigenvalue weighted by Gasteiger charge is 1.71. The molecule has 0 aliphatic rings. The van der Waals surface area contributed by atoms with Gasteiger partial charge < -0.3 is 4.74 Å². The van der Waals surface area contributed by atoms with Crippen molar-refractivity contribution in [3.05, 3.63) is 19.3 Å². The molecule has 0 rings (SSSR count). The van der Waals surface area contributed by atoms with E-state index < -0.39 is 0 Å². The quantitative estimate of drug-likeness (QED) is 0.352. The van der Waals surface area contributed by atoms with E-state index in [-0.39, 0.29) is 0 Å². The molecule has 0 aromatic heterocycles. The molecule has 1 nitrogen and oxygen atoms in total. The molecule has 0 unspecified atom stereocenters. The molecule has 37 valence electrons. The summed E-state index contributed by atoms with van der Waals surface area (Å²) in [5, 5.41) is 0. The zero-order valence-corrected chi connectivity index (χ0v) is 4.32. The first-order chi connectivity index (χ1) is 3.27. The Balaban J connectivity index is 3.26. The van der Waals surface area contributed by atoms with Gasteiger partial charge in [-0.05, 0) is 6.92 Å². The zero-order chi connectivity index (χ0) is 5.70. The van der Waals surface area contributed by atoms with Crippen molar-refractivity contribution in [1.82, 2.24) is 0 Å². The van der Waals surface area contributed by atoms with Gasteiger partial charge in [0.2, 0.25) is 0 Å². The summed E-state index contributed by atoms with van der Waals surface area (Å²) >= 11 is 0. The Morgan fingerprint density at radius 1 is 1.71 bits per heavy atom. The van der Waals surface area contributed by atoms with Crippen molar-refractivity contribution in [3.8, 4) is 12.0 Å². The smallest absolute Gasteiger partial charge is 0.115 e. The second-order valence-electron chi connectivity index (χ2n) is 1.08. The molecule has 0 N–H and O–H groups in total. The summed E-state index contributed by atoms with van der Waals surface area (Å²) in [5.74, 6) is 2.91. The normalized spacial score (nSPS) is 6.00. The van der Waals surface area contributed by atoms with E-state index in [0.717, 1.165) is 0 Å². The van der Waals surface area contributed by atoms with Crippen LogP contribution < -0.4 is 0 Å². The fourth-order valence-corrected chi connectivity index (χ4v) is 0.123. The number of hydrogen-bond donors (Lipinski definition) is 0. The fourth-order valence-electron chi connectivity index (χ4n) is 0.123. The Morgan fingerprint density at radius 3 is 2.43 bits per heavy atom. The Kier molecular flexibility index (Phi) is 2.87. The van der Waals surface area contributed by atoms with E-state index in [0.29, 0.717) is 5.76 Å². The van der Waals surface area contributed by atoms with Crippen LogP contribution in [0.4, 0.5) is 0 Å². The third-order valence-electron chi connectivity index (χ3n) is 0.297. The molecule has 0 aromatic carbocycles. The van der Waals surface area contributed by atoms with Gasteiger partial charge >= 0.3 is 0 Å². The molecular formula is C6H7O. The maximum absolute atomic E-state index is 4.57. The third-order valence-corrected chi connectivity index (χ3v) is 0.297. The van der Waals surface area contributed by atoms with Gasteiger partial charge in [0, 0.05) is 6.92 Å². The Bertz CT molecular complexity index is 114. The van der Waals surface area contributed by atoms with Gasteiger partial charge in [-0.2, -0.15) is 0 Å². The van der Waals surface area contributed by atoms with Crippen molar-refractivity contribution in [2.75, 3.05) is 0 Å². The van der Waals surface area contributed by atoms with Crippen LogP contribution in [0.1, 0.15) is 6.92 Å². The number of allylic oxidation sites excluding steroid dienone is 1. The second kappa shape index (κ2) is 3.30. The molecule has 0 spiro atoms. The molecule has 0 amide bonds. The highest BCUT2D eigenvalue weighted by Crippen LogP contribution is 1.84. The van der Waals surface area contributed by atoms with Crippen LogP contribution in [0.2, 0.25) is 0 Å². The van der Waals surface area contributed by atoms with Gasteiger partial charge in [0.25, 0.3) is 0 Å². The minimum absolute atomic E-state index is 0.594. The molecular weight excluding hydrogens is 88.1 g/mol. The van der Waals surface area contributed by atoms with Gasteiger partial charge in [0.05, 0.1) is 0 Å². The standard InChI is InChI=1S/C6H7O/c1-4-5-7-6(2)3/h1-2H2,3H3. The van der Waals surface area contributed by atoms with Gasteiger partial charge in [-0.3, -0.25) is 0 Å². The molecule has 0 saturated heterocycles. The van der Waals surface area contributed by atoms with E-state index in [1.807, 2.05) is 0 Å². The van der Waals surface area contributed by atoms with Crippen molar-refractivity contribution in [3.63, 3.8) is 0 Å². The average molecular weight is 95.1 g/mol. The predicted molar refractivity (Wildman–Crippen MR) is 29.0 cm³/mol. The summed E-state index contributed by atoms with van der Waals surface area (Å²) in [7, 11) is 0. The minimum Gasteiger partial charge on any atom is -0.413 e. The molecule has 1 radical (unpaired) electrons. The van der Waals surface area contributed by atoms with E-state index in [1.54, 1.807) is 6.92 Å². The molecule has 0 aromatic rings. The maximum Gasteiger partial charge on any atom is 0.115 e. The molecule has 0 heterocycles. The summed E-state index contributed by atoms with van der Waals surface area (Å²) in [6, 6.07) is 0. The first kappa shape index (κ1) is 6.10. The zero-order valence-electron chi connectivity index (χ0n) is 4.32. The first-order valence-corrected chi connectivity index (χ1v) is 1.87. The van der Waals surface area contributed by atoms with Crippen molar-refractivity contribution in [2.24, 2.45) is 0 Å². The highest BCUT2D eigenvalue weighted by molar-refractivity contribution is 4.97. The third kappa shape index (κ3) is 5.10. The summed E-state index contributed by atoms with van der Waals surface area (Å²) in [4.78, 5) is 0. The SMILES string of the molecule is [CH2]C#COC(=C)C. The second-order valence-corrected chi connectivity index (χ2v) is 1.08. The molecule has 0 saturated carbocycles. The van der Waals surface area contributed by atoms with Gasteiger partial charge in [-0.15, -0.1) is 0 Å². The number of rotatable bonds is 1. The first-order valence-electron chi connectivity index (χ1n) is 1.87. The predicted octanol–water partition coefficient (Wildman–Crippen LogP) is 1.33. The van der Waals surface area contributed by atoms with Crippen molar-refractivity contribution in [2.45, 2.75) is 6.92 Å². The molecule has 0 bridgehead atoms. The summed E-state index contributed by atoms with van der Waals surface area (Å²) < 4.78 is 4.57. The van der Waals surface area contributed by atoms with Crippen LogP contribution in [0.15, 0.2) is 12.3 Å². The lowest BCUT2D eigenvalue weighted by atomic mass is 10.7. The van der Waals surface area contributed by atoms with Crippen LogP contribution in [0.5, 0.6) is 0 Å². The topological polar surface area (TPSA) is 9.23 Å². The van der Waals surface area contributed by atoms with Crippen LogP contribution >= 0.6 is 0 Å². The van der Waals surface area contributed by atoms with Crippen LogP contribution in [-0.4, -0.2) is 0 Å². The summed E-state index contributed by atoms with van der Waals surface area (Å²) in [6.45, 7) is 8.40. The Labute approximate surface area is 44.0 Å². The van der Waals surface area contributed by atoms with Crippen molar-refractivity contribution in [1.29, 1.82) is 0 Å². The van der Waals surface area contributed by atoms with Crippen LogP contribution in [0.25, 0.3) is 0 Å². The lowest BCUT2D eigenvalue weighted by Gasteiger charge is -1.86. The fraction of sp³-hybridized carbons (Fsp3) is 0.167.